The molecular weight excluding hydrogens is 230 g/mol. The summed E-state index contributed by atoms with van der Waals surface area (Å²) in [7, 11) is 0. The zero-order valence-electron chi connectivity index (χ0n) is 10.3. The van der Waals surface area contributed by atoms with Gasteiger partial charge in [0.25, 0.3) is 5.91 Å². The van der Waals surface area contributed by atoms with Crippen molar-refractivity contribution in [1.29, 1.82) is 0 Å². The molecule has 2 unspecified atom stereocenters. The van der Waals surface area contributed by atoms with Crippen molar-refractivity contribution in [2.24, 2.45) is 11.8 Å². The summed E-state index contributed by atoms with van der Waals surface area (Å²) < 4.78 is 0. The highest BCUT2D eigenvalue weighted by atomic mass is 16.3. The Morgan fingerprint density at radius 1 is 1.44 bits per heavy atom. The molecule has 5 nitrogen and oxygen atoms in total. The minimum absolute atomic E-state index is 0.182. The summed E-state index contributed by atoms with van der Waals surface area (Å²) >= 11 is 0. The molecule has 0 aliphatic heterocycles. The molecule has 98 valence electrons. The van der Waals surface area contributed by atoms with Crippen LogP contribution >= 0.6 is 0 Å². The van der Waals surface area contributed by atoms with Gasteiger partial charge in [0, 0.05) is 13.2 Å². The maximum absolute atomic E-state index is 11.8. The van der Waals surface area contributed by atoms with E-state index in [1.54, 1.807) is 12.1 Å². The molecule has 1 aliphatic rings. The van der Waals surface area contributed by atoms with E-state index >= 15 is 0 Å². The first-order valence-electron chi connectivity index (χ1n) is 6.31. The highest BCUT2D eigenvalue weighted by Gasteiger charge is 2.26. The fourth-order valence-electron chi connectivity index (χ4n) is 2.48. The van der Waals surface area contributed by atoms with Crippen LogP contribution in [-0.2, 0) is 0 Å². The van der Waals surface area contributed by atoms with Crippen molar-refractivity contribution >= 4 is 11.6 Å². The topological polar surface area (TPSA) is 88.2 Å². The number of nitrogens with two attached hydrogens (primary N) is 1. The Balaban J connectivity index is 1.86. The first-order valence-corrected chi connectivity index (χ1v) is 6.31. The largest absolute Gasteiger partial charge is 0.397 e. The molecule has 1 saturated carbocycles. The van der Waals surface area contributed by atoms with Gasteiger partial charge in [0.1, 0.15) is 5.69 Å². The van der Waals surface area contributed by atoms with Crippen molar-refractivity contribution in [3.8, 4) is 0 Å². The molecule has 0 radical (unpaired) electrons. The van der Waals surface area contributed by atoms with Gasteiger partial charge in [-0.2, -0.15) is 0 Å². The zero-order chi connectivity index (χ0) is 13.0. The van der Waals surface area contributed by atoms with Crippen LogP contribution in [0, 0.1) is 11.8 Å². The predicted molar refractivity (Wildman–Crippen MR) is 68.9 cm³/mol. The fourth-order valence-corrected chi connectivity index (χ4v) is 2.48. The van der Waals surface area contributed by atoms with Crippen molar-refractivity contribution in [2.75, 3.05) is 18.9 Å². The third-order valence-corrected chi connectivity index (χ3v) is 3.59. The molecule has 1 aromatic rings. The lowest BCUT2D eigenvalue weighted by molar-refractivity contribution is 0.0933. The van der Waals surface area contributed by atoms with Gasteiger partial charge in [-0.15, -0.1) is 0 Å². The fraction of sp³-hybridized carbons (Fsp3) is 0.538. The molecule has 0 spiro atoms. The number of nitrogen functional groups attached to an aromatic ring is 1. The van der Waals surface area contributed by atoms with Gasteiger partial charge >= 0.3 is 0 Å². The van der Waals surface area contributed by atoms with E-state index in [1.807, 2.05) is 0 Å². The van der Waals surface area contributed by atoms with Crippen LogP contribution in [0.25, 0.3) is 0 Å². The third-order valence-electron chi connectivity index (χ3n) is 3.59. The van der Waals surface area contributed by atoms with Gasteiger partial charge in [-0.1, -0.05) is 6.42 Å². The maximum Gasteiger partial charge on any atom is 0.269 e. The number of pyridine rings is 1. The molecule has 0 bridgehead atoms. The molecule has 0 saturated heterocycles. The Labute approximate surface area is 106 Å². The van der Waals surface area contributed by atoms with Gasteiger partial charge in [0.15, 0.2) is 0 Å². The van der Waals surface area contributed by atoms with E-state index in [1.165, 1.54) is 6.20 Å². The van der Waals surface area contributed by atoms with Crippen molar-refractivity contribution in [2.45, 2.75) is 19.3 Å². The van der Waals surface area contributed by atoms with Crippen LogP contribution in [-0.4, -0.2) is 29.1 Å². The molecule has 4 N–H and O–H groups in total. The Kier molecular flexibility index (Phi) is 4.15. The monoisotopic (exact) mass is 249 g/mol. The number of amides is 1. The number of nitrogens with zero attached hydrogens (tertiary/aromatic N) is 1. The molecule has 18 heavy (non-hydrogen) atoms. The number of anilines is 1. The van der Waals surface area contributed by atoms with Crippen LogP contribution in [0.4, 0.5) is 5.69 Å². The Morgan fingerprint density at radius 2 is 2.22 bits per heavy atom. The summed E-state index contributed by atoms with van der Waals surface area (Å²) in [5.41, 5.74) is 6.44. The van der Waals surface area contributed by atoms with Gasteiger partial charge in [-0.25, -0.2) is 4.98 Å². The standard InChI is InChI=1S/C13H19N3O2/c14-11-4-5-12(15-7-11)13(18)16-6-9-2-1-3-10(9)8-17/h4-5,7,9-10,17H,1-3,6,8,14H2,(H,16,18). The van der Waals surface area contributed by atoms with Gasteiger partial charge in [0.05, 0.1) is 11.9 Å². The maximum atomic E-state index is 11.8. The molecular formula is C13H19N3O2. The number of nitrogens with one attached hydrogen (secondary N) is 1. The highest BCUT2D eigenvalue weighted by Crippen LogP contribution is 2.30. The van der Waals surface area contributed by atoms with E-state index in [2.05, 4.69) is 10.3 Å². The molecule has 2 rings (SSSR count). The number of rotatable bonds is 4. The average molecular weight is 249 g/mol. The molecule has 0 aromatic carbocycles. The van der Waals surface area contributed by atoms with E-state index in [4.69, 9.17) is 5.73 Å². The first-order chi connectivity index (χ1) is 8.70. The van der Waals surface area contributed by atoms with E-state index in [0.717, 1.165) is 19.3 Å². The van der Waals surface area contributed by atoms with Gasteiger partial charge in [-0.3, -0.25) is 4.79 Å². The molecule has 1 aliphatic carbocycles. The number of aromatic nitrogens is 1. The molecule has 1 fully saturated rings. The Bertz CT molecular complexity index is 405. The molecule has 5 heteroatoms. The molecule has 2 atom stereocenters. The van der Waals surface area contributed by atoms with Crippen molar-refractivity contribution in [3.63, 3.8) is 0 Å². The Morgan fingerprint density at radius 3 is 2.89 bits per heavy atom. The minimum Gasteiger partial charge on any atom is -0.397 e. The second-order valence-electron chi connectivity index (χ2n) is 4.82. The third kappa shape index (κ3) is 2.98. The van der Waals surface area contributed by atoms with E-state index < -0.39 is 0 Å². The average Bonchev–Trinajstić information content (AvgIpc) is 2.84. The van der Waals surface area contributed by atoms with Crippen LogP contribution in [0.5, 0.6) is 0 Å². The van der Waals surface area contributed by atoms with Crippen molar-refractivity contribution < 1.29 is 9.90 Å². The van der Waals surface area contributed by atoms with Crippen LogP contribution < -0.4 is 11.1 Å². The van der Waals surface area contributed by atoms with Crippen LogP contribution in [0.2, 0.25) is 0 Å². The van der Waals surface area contributed by atoms with Gasteiger partial charge in [-0.05, 0) is 36.8 Å². The van der Waals surface area contributed by atoms with E-state index in [9.17, 15) is 9.90 Å². The minimum atomic E-state index is -0.182. The van der Waals surface area contributed by atoms with E-state index in [-0.39, 0.29) is 12.5 Å². The number of aliphatic hydroxyl groups is 1. The number of carbonyl (C=O) groups is 1. The molecule has 1 aromatic heterocycles. The van der Waals surface area contributed by atoms with Crippen molar-refractivity contribution in [3.05, 3.63) is 24.0 Å². The summed E-state index contributed by atoms with van der Waals surface area (Å²) in [4.78, 5) is 15.8. The number of hydrogen-bond donors (Lipinski definition) is 3. The predicted octanol–water partition coefficient (Wildman–Crippen LogP) is 0.802. The summed E-state index contributed by atoms with van der Waals surface area (Å²) in [5.74, 6) is 0.524. The van der Waals surface area contributed by atoms with Gasteiger partial charge in [0.2, 0.25) is 0 Å². The summed E-state index contributed by atoms with van der Waals surface area (Å²) in [5, 5.41) is 12.1. The summed E-state index contributed by atoms with van der Waals surface area (Å²) in [6.45, 7) is 0.816. The number of carbonyl (C=O) groups excluding carboxylic acids is 1. The SMILES string of the molecule is Nc1ccc(C(=O)NCC2CCCC2CO)nc1. The van der Waals surface area contributed by atoms with Gasteiger partial charge < -0.3 is 16.2 Å². The molecule has 1 amide bonds. The smallest absolute Gasteiger partial charge is 0.269 e. The second kappa shape index (κ2) is 5.82. The first kappa shape index (κ1) is 12.8. The van der Waals surface area contributed by atoms with Crippen LogP contribution in [0.15, 0.2) is 18.3 Å². The number of hydrogen-bond acceptors (Lipinski definition) is 4. The highest BCUT2D eigenvalue weighted by molar-refractivity contribution is 5.92. The van der Waals surface area contributed by atoms with Crippen LogP contribution in [0.1, 0.15) is 29.8 Å². The number of aliphatic hydroxyl groups excluding tert-OH is 1. The zero-order valence-corrected chi connectivity index (χ0v) is 10.3. The summed E-state index contributed by atoms with van der Waals surface area (Å²) in [6, 6.07) is 3.27. The Hall–Kier alpha value is -1.62. The quantitative estimate of drug-likeness (QED) is 0.736. The lowest BCUT2D eigenvalue weighted by Crippen LogP contribution is -2.32. The molecule has 1 heterocycles. The van der Waals surface area contributed by atoms with Crippen molar-refractivity contribution in [1.82, 2.24) is 10.3 Å². The lowest BCUT2D eigenvalue weighted by atomic mass is 9.97. The normalized spacial score (nSPS) is 22.9. The van der Waals surface area contributed by atoms with Crippen LogP contribution in [0.3, 0.4) is 0 Å². The lowest BCUT2D eigenvalue weighted by Gasteiger charge is -2.17. The van der Waals surface area contributed by atoms with E-state index in [0.29, 0.717) is 29.8 Å². The summed E-state index contributed by atoms with van der Waals surface area (Å²) in [6.07, 6.45) is 4.73. The second-order valence-corrected chi connectivity index (χ2v) is 4.82.